The predicted molar refractivity (Wildman–Crippen MR) is 55.8 cm³/mol. The molecule has 1 N–H and O–H groups in total. The van der Waals surface area contributed by atoms with Crippen molar-refractivity contribution in [2.75, 3.05) is 5.32 Å². The van der Waals surface area contributed by atoms with E-state index in [2.05, 4.69) is 25.2 Å². The van der Waals surface area contributed by atoms with E-state index in [4.69, 9.17) is 0 Å². The summed E-state index contributed by atoms with van der Waals surface area (Å²) < 4.78 is 5.99. The molecule has 2 rings (SSSR count). The molecule has 2 heterocycles. The van der Waals surface area contributed by atoms with E-state index >= 15 is 0 Å². The number of nitrogens with zero attached hydrogens (tertiary/aromatic N) is 4. The van der Waals surface area contributed by atoms with Gasteiger partial charge >= 0.3 is 0 Å². The molecule has 0 saturated carbocycles. The number of rotatable bonds is 3. The fraction of sp³-hybridized carbons (Fsp3) is 0.333. The molecule has 2 aromatic rings. The van der Waals surface area contributed by atoms with Gasteiger partial charge in [-0.05, 0) is 6.92 Å². The summed E-state index contributed by atoms with van der Waals surface area (Å²) in [7, 11) is 1.66. The second-order valence-corrected chi connectivity index (χ2v) is 3.34. The first-order valence-electron chi connectivity index (χ1n) is 4.72. The molecular weight excluding hydrogens is 210 g/mol. The van der Waals surface area contributed by atoms with Crippen LogP contribution in [0.2, 0.25) is 0 Å². The van der Waals surface area contributed by atoms with E-state index in [1.165, 1.54) is 4.57 Å². The van der Waals surface area contributed by atoms with Crippen LogP contribution in [0.4, 0.5) is 5.82 Å². The summed E-state index contributed by atoms with van der Waals surface area (Å²) in [5.74, 6) is 0.285. The van der Waals surface area contributed by atoms with Crippen molar-refractivity contribution < 1.29 is 4.63 Å². The molecule has 0 atom stereocenters. The summed E-state index contributed by atoms with van der Waals surface area (Å²) in [4.78, 5) is 15.5. The molecule has 7 nitrogen and oxygen atoms in total. The number of aromatic nitrogens is 4. The molecule has 0 fully saturated rings. The van der Waals surface area contributed by atoms with Crippen LogP contribution >= 0.6 is 0 Å². The van der Waals surface area contributed by atoms with E-state index in [0.717, 1.165) is 0 Å². The maximum absolute atomic E-state index is 11.6. The molecule has 7 heteroatoms. The van der Waals surface area contributed by atoms with Crippen LogP contribution in [0.5, 0.6) is 0 Å². The van der Waals surface area contributed by atoms with Crippen molar-refractivity contribution in [1.82, 2.24) is 19.9 Å². The SMILES string of the molecule is Cc1nonc1CNc1nccn(C)c1=O. The summed E-state index contributed by atoms with van der Waals surface area (Å²) >= 11 is 0. The van der Waals surface area contributed by atoms with Crippen molar-refractivity contribution >= 4 is 5.82 Å². The minimum atomic E-state index is -0.184. The van der Waals surface area contributed by atoms with Crippen molar-refractivity contribution in [3.63, 3.8) is 0 Å². The highest BCUT2D eigenvalue weighted by Crippen LogP contribution is 2.02. The lowest BCUT2D eigenvalue weighted by Crippen LogP contribution is -2.21. The Morgan fingerprint density at radius 2 is 2.31 bits per heavy atom. The molecule has 0 bridgehead atoms. The Labute approximate surface area is 91.1 Å². The number of nitrogens with one attached hydrogen (secondary N) is 1. The lowest BCUT2D eigenvalue weighted by atomic mass is 10.3. The van der Waals surface area contributed by atoms with E-state index in [0.29, 0.717) is 17.9 Å². The van der Waals surface area contributed by atoms with Gasteiger partial charge in [0.15, 0.2) is 5.82 Å². The third-order valence-electron chi connectivity index (χ3n) is 2.19. The van der Waals surface area contributed by atoms with Crippen LogP contribution in [0.15, 0.2) is 21.8 Å². The van der Waals surface area contributed by atoms with Crippen molar-refractivity contribution in [2.45, 2.75) is 13.5 Å². The highest BCUT2D eigenvalue weighted by atomic mass is 16.6. The van der Waals surface area contributed by atoms with Crippen molar-refractivity contribution in [2.24, 2.45) is 7.05 Å². The van der Waals surface area contributed by atoms with Gasteiger partial charge in [-0.1, -0.05) is 10.3 Å². The molecule has 84 valence electrons. The van der Waals surface area contributed by atoms with Crippen molar-refractivity contribution in [3.05, 3.63) is 34.1 Å². The predicted octanol–water partition coefficient (Wildman–Crippen LogP) is 0.0838. The van der Waals surface area contributed by atoms with Gasteiger partial charge < -0.3 is 9.88 Å². The highest BCUT2D eigenvalue weighted by Gasteiger charge is 2.07. The van der Waals surface area contributed by atoms with E-state index in [9.17, 15) is 4.79 Å². The minimum absolute atomic E-state index is 0.184. The first-order chi connectivity index (χ1) is 7.68. The molecule has 0 aliphatic heterocycles. The second-order valence-electron chi connectivity index (χ2n) is 3.34. The van der Waals surface area contributed by atoms with Gasteiger partial charge in [-0.25, -0.2) is 9.61 Å². The van der Waals surface area contributed by atoms with Gasteiger partial charge in [0.25, 0.3) is 5.56 Å². The Morgan fingerprint density at radius 3 is 3.00 bits per heavy atom. The molecule has 0 amide bonds. The molecule has 0 spiro atoms. The van der Waals surface area contributed by atoms with E-state index in [-0.39, 0.29) is 11.4 Å². The summed E-state index contributed by atoms with van der Waals surface area (Å²) in [6.45, 7) is 2.14. The Kier molecular flexibility index (Phi) is 2.67. The maximum atomic E-state index is 11.6. The Hall–Kier alpha value is -2.18. The number of hydrogen-bond acceptors (Lipinski definition) is 6. The van der Waals surface area contributed by atoms with Gasteiger partial charge in [-0.2, -0.15) is 0 Å². The van der Waals surface area contributed by atoms with E-state index in [1.807, 2.05) is 0 Å². The van der Waals surface area contributed by atoms with Gasteiger partial charge in [0.1, 0.15) is 11.4 Å². The average Bonchev–Trinajstić information content (AvgIpc) is 2.67. The smallest absolute Gasteiger partial charge is 0.293 e. The fourth-order valence-corrected chi connectivity index (χ4v) is 1.20. The van der Waals surface area contributed by atoms with Crippen LogP contribution in [0, 0.1) is 6.92 Å². The summed E-state index contributed by atoms with van der Waals surface area (Å²) in [6.07, 6.45) is 3.15. The molecule has 0 radical (unpaired) electrons. The first-order valence-corrected chi connectivity index (χ1v) is 4.72. The largest absolute Gasteiger partial charge is 0.360 e. The monoisotopic (exact) mass is 221 g/mol. The van der Waals surface area contributed by atoms with Crippen LogP contribution in [0.3, 0.4) is 0 Å². The number of anilines is 1. The average molecular weight is 221 g/mol. The summed E-state index contributed by atoms with van der Waals surface area (Å²) in [5, 5.41) is 10.2. The number of hydrogen-bond donors (Lipinski definition) is 1. The third kappa shape index (κ3) is 1.92. The first kappa shape index (κ1) is 10.3. The lowest BCUT2D eigenvalue weighted by molar-refractivity contribution is 0.301. The van der Waals surface area contributed by atoms with Crippen LogP contribution in [0.25, 0.3) is 0 Å². The normalized spacial score (nSPS) is 10.4. The van der Waals surface area contributed by atoms with Gasteiger partial charge in [0.2, 0.25) is 0 Å². The highest BCUT2D eigenvalue weighted by molar-refractivity contribution is 5.31. The summed E-state index contributed by atoms with van der Waals surface area (Å²) in [5.41, 5.74) is 1.17. The lowest BCUT2D eigenvalue weighted by Gasteiger charge is -2.03. The van der Waals surface area contributed by atoms with E-state index in [1.54, 1.807) is 26.4 Å². The van der Waals surface area contributed by atoms with Gasteiger partial charge in [0, 0.05) is 19.4 Å². The van der Waals surface area contributed by atoms with Crippen LogP contribution in [0.1, 0.15) is 11.4 Å². The Bertz CT molecular complexity index is 545. The molecule has 0 aliphatic rings. The van der Waals surface area contributed by atoms with Crippen LogP contribution < -0.4 is 10.9 Å². The quantitative estimate of drug-likeness (QED) is 0.790. The topological polar surface area (TPSA) is 85.8 Å². The standard InChI is InChI=1S/C9H11N5O2/c1-6-7(13-16-12-6)5-11-8-9(15)14(2)4-3-10-8/h3-4H,5H2,1-2H3,(H,10,11). The third-order valence-corrected chi connectivity index (χ3v) is 2.19. The molecule has 0 aromatic carbocycles. The molecule has 2 aromatic heterocycles. The molecule has 0 saturated heterocycles. The fourth-order valence-electron chi connectivity index (χ4n) is 1.20. The molecule has 16 heavy (non-hydrogen) atoms. The van der Waals surface area contributed by atoms with Gasteiger partial charge in [-0.15, -0.1) is 0 Å². The molecular formula is C9H11N5O2. The Balaban J connectivity index is 2.14. The van der Waals surface area contributed by atoms with Crippen molar-refractivity contribution in [1.29, 1.82) is 0 Å². The van der Waals surface area contributed by atoms with Gasteiger partial charge in [-0.3, -0.25) is 4.79 Å². The molecule has 0 unspecified atom stereocenters. The zero-order valence-corrected chi connectivity index (χ0v) is 8.97. The minimum Gasteiger partial charge on any atom is -0.360 e. The Morgan fingerprint density at radius 1 is 1.50 bits per heavy atom. The molecule has 0 aliphatic carbocycles. The zero-order valence-electron chi connectivity index (χ0n) is 8.97. The van der Waals surface area contributed by atoms with E-state index < -0.39 is 0 Å². The second kappa shape index (κ2) is 4.13. The number of aryl methyl sites for hydroxylation is 2. The van der Waals surface area contributed by atoms with Crippen LogP contribution in [-0.2, 0) is 13.6 Å². The van der Waals surface area contributed by atoms with Crippen LogP contribution in [-0.4, -0.2) is 19.9 Å². The van der Waals surface area contributed by atoms with Gasteiger partial charge in [0.05, 0.1) is 6.54 Å². The summed E-state index contributed by atoms with van der Waals surface area (Å²) in [6, 6.07) is 0. The maximum Gasteiger partial charge on any atom is 0.293 e. The van der Waals surface area contributed by atoms with Crippen molar-refractivity contribution in [3.8, 4) is 0 Å². The zero-order chi connectivity index (χ0) is 11.5.